The van der Waals surface area contributed by atoms with Crippen molar-refractivity contribution in [3.63, 3.8) is 0 Å². The molecule has 0 bridgehead atoms. The lowest BCUT2D eigenvalue weighted by molar-refractivity contribution is 0.200. The van der Waals surface area contributed by atoms with Gasteiger partial charge in [0.15, 0.2) is 0 Å². The lowest BCUT2D eigenvalue weighted by Gasteiger charge is -2.25. The van der Waals surface area contributed by atoms with E-state index >= 15 is 0 Å². The number of carbonyl (C=O) groups is 1. The first-order valence-electron chi connectivity index (χ1n) is 8.28. The zero-order valence-corrected chi connectivity index (χ0v) is 14.3. The summed E-state index contributed by atoms with van der Waals surface area (Å²) < 4.78 is 41.0. The Morgan fingerprint density at radius 3 is 2.42 bits per heavy atom. The van der Waals surface area contributed by atoms with E-state index in [1.807, 2.05) is 7.05 Å². The summed E-state index contributed by atoms with van der Waals surface area (Å²) in [6.07, 6.45) is -0.338. The summed E-state index contributed by atoms with van der Waals surface area (Å²) >= 11 is 0. The molecule has 1 amide bonds. The zero-order chi connectivity index (χ0) is 18.8. The number of rotatable bonds is 4. The molecule has 26 heavy (non-hydrogen) atoms. The third kappa shape index (κ3) is 3.99. The molecule has 1 N–H and O–H groups in total. The van der Waals surface area contributed by atoms with E-state index in [4.69, 9.17) is 0 Å². The summed E-state index contributed by atoms with van der Waals surface area (Å²) in [6.45, 7) is 1.87. The summed E-state index contributed by atoms with van der Waals surface area (Å²) in [5.41, 5.74) is 0.433. The van der Waals surface area contributed by atoms with Crippen molar-refractivity contribution in [1.82, 2.24) is 4.90 Å². The Balaban J connectivity index is 2.03. The Kier molecular flexibility index (Phi) is 5.18. The number of hydrogen-bond acceptors (Lipinski definition) is 2. The molecule has 2 aromatic rings. The maximum absolute atomic E-state index is 13.8. The van der Waals surface area contributed by atoms with E-state index in [1.165, 1.54) is 6.07 Å². The lowest BCUT2D eigenvalue weighted by atomic mass is 10.0. The van der Waals surface area contributed by atoms with Crippen LogP contribution in [0.4, 0.5) is 23.7 Å². The highest BCUT2D eigenvalue weighted by atomic mass is 19.1. The van der Waals surface area contributed by atoms with Crippen LogP contribution in [0.15, 0.2) is 36.4 Å². The van der Waals surface area contributed by atoms with Crippen molar-refractivity contribution >= 4 is 11.8 Å². The number of benzene rings is 2. The standard InChI is InChI=1S/C19H19F3N2O2/c1-23-5-4-12(10-23)11-24(19(25)26)18-3-2-14(20)9-17(18)13-6-15(21)8-16(22)7-13/h2-3,6-9,12H,4-5,10-11H2,1H3,(H,25,26). The van der Waals surface area contributed by atoms with Gasteiger partial charge in [-0.15, -0.1) is 0 Å². The number of anilines is 1. The number of nitrogens with zero attached hydrogens (tertiary/aromatic N) is 2. The zero-order valence-electron chi connectivity index (χ0n) is 14.3. The highest BCUT2D eigenvalue weighted by Gasteiger charge is 2.27. The lowest BCUT2D eigenvalue weighted by Crippen LogP contribution is -2.35. The summed E-state index contributed by atoms with van der Waals surface area (Å²) in [6, 6.07) is 6.41. The Hall–Kier alpha value is -2.54. The van der Waals surface area contributed by atoms with Gasteiger partial charge in [-0.05, 0) is 61.8 Å². The third-order valence-electron chi connectivity index (χ3n) is 4.58. The van der Waals surface area contributed by atoms with E-state index in [2.05, 4.69) is 4.90 Å². The molecule has 1 heterocycles. The van der Waals surface area contributed by atoms with Crippen molar-refractivity contribution in [2.45, 2.75) is 6.42 Å². The van der Waals surface area contributed by atoms with Gasteiger partial charge in [-0.1, -0.05) is 0 Å². The molecule has 0 radical (unpaired) electrons. The van der Waals surface area contributed by atoms with E-state index in [0.29, 0.717) is 6.07 Å². The fourth-order valence-corrected chi connectivity index (χ4v) is 3.40. The molecule has 0 aromatic heterocycles. The van der Waals surface area contributed by atoms with Crippen molar-refractivity contribution in [1.29, 1.82) is 0 Å². The number of halogens is 3. The first-order chi connectivity index (χ1) is 12.3. The number of likely N-dealkylation sites (tertiary alicyclic amines) is 1. The van der Waals surface area contributed by atoms with Gasteiger partial charge < -0.3 is 10.0 Å². The largest absolute Gasteiger partial charge is 0.465 e. The summed E-state index contributed by atoms with van der Waals surface area (Å²) in [5, 5.41) is 9.67. The van der Waals surface area contributed by atoms with Crippen molar-refractivity contribution in [3.8, 4) is 11.1 Å². The van der Waals surface area contributed by atoms with Crippen LogP contribution in [-0.2, 0) is 0 Å². The van der Waals surface area contributed by atoms with Crippen molar-refractivity contribution in [3.05, 3.63) is 53.8 Å². The number of hydrogen-bond donors (Lipinski definition) is 1. The van der Waals surface area contributed by atoms with Gasteiger partial charge in [-0.25, -0.2) is 18.0 Å². The van der Waals surface area contributed by atoms with E-state index in [0.717, 1.165) is 48.7 Å². The second-order valence-electron chi connectivity index (χ2n) is 6.63. The molecule has 2 aromatic carbocycles. The second kappa shape index (κ2) is 7.37. The van der Waals surface area contributed by atoms with Crippen LogP contribution in [0.25, 0.3) is 11.1 Å². The van der Waals surface area contributed by atoms with Crippen LogP contribution in [0.1, 0.15) is 6.42 Å². The minimum absolute atomic E-state index is 0.0896. The average Bonchev–Trinajstić information content (AvgIpc) is 2.97. The summed E-state index contributed by atoms with van der Waals surface area (Å²) in [5.74, 6) is -2.10. The Morgan fingerprint density at radius 1 is 1.15 bits per heavy atom. The van der Waals surface area contributed by atoms with Crippen molar-refractivity contribution in [2.24, 2.45) is 5.92 Å². The Morgan fingerprint density at radius 2 is 1.85 bits per heavy atom. The van der Waals surface area contributed by atoms with Crippen LogP contribution in [0, 0.1) is 23.4 Å². The fraction of sp³-hybridized carbons (Fsp3) is 0.316. The van der Waals surface area contributed by atoms with Gasteiger partial charge >= 0.3 is 6.09 Å². The van der Waals surface area contributed by atoms with E-state index in [9.17, 15) is 23.1 Å². The van der Waals surface area contributed by atoms with Crippen LogP contribution < -0.4 is 4.90 Å². The highest BCUT2D eigenvalue weighted by molar-refractivity contribution is 5.92. The predicted molar refractivity (Wildman–Crippen MR) is 92.7 cm³/mol. The van der Waals surface area contributed by atoms with E-state index in [1.54, 1.807) is 0 Å². The maximum atomic E-state index is 13.8. The monoisotopic (exact) mass is 364 g/mol. The van der Waals surface area contributed by atoms with Crippen LogP contribution in [-0.4, -0.2) is 42.8 Å². The van der Waals surface area contributed by atoms with Gasteiger partial charge in [0.1, 0.15) is 17.5 Å². The highest BCUT2D eigenvalue weighted by Crippen LogP contribution is 2.34. The van der Waals surface area contributed by atoms with Gasteiger partial charge in [0.2, 0.25) is 0 Å². The van der Waals surface area contributed by atoms with Crippen LogP contribution in [0.2, 0.25) is 0 Å². The molecule has 0 saturated carbocycles. The predicted octanol–water partition coefficient (Wildman–Crippen LogP) is 4.21. The van der Waals surface area contributed by atoms with Crippen LogP contribution >= 0.6 is 0 Å². The first kappa shape index (κ1) is 18.3. The normalized spacial score (nSPS) is 17.5. The molecule has 1 atom stereocenters. The van der Waals surface area contributed by atoms with Crippen molar-refractivity contribution < 1.29 is 23.1 Å². The van der Waals surface area contributed by atoms with Gasteiger partial charge in [-0.3, -0.25) is 4.90 Å². The SMILES string of the molecule is CN1CCC(CN(C(=O)O)c2ccc(F)cc2-c2cc(F)cc(F)c2)C1. The number of carboxylic acid groups (broad SMARTS) is 1. The second-order valence-corrected chi connectivity index (χ2v) is 6.63. The molecule has 138 valence electrons. The summed E-state index contributed by atoms with van der Waals surface area (Å²) in [7, 11) is 1.96. The van der Waals surface area contributed by atoms with Crippen LogP contribution in [0.3, 0.4) is 0 Å². The average molecular weight is 364 g/mol. The molecular formula is C19H19F3N2O2. The molecule has 3 rings (SSSR count). The van der Waals surface area contributed by atoms with Crippen molar-refractivity contribution in [2.75, 3.05) is 31.6 Å². The first-order valence-corrected chi connectivity index (χ1v) is 8.28. The minimum Gasteiger partial charge on any atom is -0.465 e. The molecule has 1 unspecified atom stereocenters. The molecule has 1 fully saturated rings. The Bertz CT molecular complexity index is 808. The van der Waals surface area contributed by atoms with Gasteiger partial charge in [0, 0.05) is 24.7 Å². The molecule has 0 spiro atoms. The molecular weight excluding hydrogens is 345 g/mol. The molecule has 1 aliphatic heterocycles. The Labute approximate surface area is 149 Å². The molecule has 0 aliphatic carbocycles. The molecule has 7 heteroatoms. The smallest absolute Gasteiger partial charge is 0.411 e. The van der Waals surface area contributed by atoms with Crippen LogP contribution in [0.5, 0.6) is 0 Å². The minimum atomic E-state index is -1.19. The maximum Gasteiger partial charge on any atom is 0.411 e. The third-order valence-corrected chi connectivity index (χ3v) is 4.58. The summed E-state index contributed by atoms with van der Waals surface area (Å²) in [4.78, 5) is 15.1. The topological polar surface area (TPSA) is 43.8 Å². The molecule has 4 nitrogen and oxygen atoms in total. The number of amides is 1. The quantitative estimate of drug-likeness (QED) is 0.884. The van der Waals surface area contributed by atoms with Gasteiger partial charge in [0.05, 0.1) is 5.69 Å². The molecule has 1 saturated heterocycles. The van der Waals surface area contributed by atoms with Gasteiger partial charge in [0.25, 0.3) is 0 Å². The van der Waals surface area contributed by atoms with E-state index < -0.39 is 23.5 Å². The fourth-order valence-electron chi connectivity index (χ4n) is 3.40. The van der Waals surface area contributed by atoms with Gasteiger partial charge in [-0.2, -0.15) is 0 Å². The van der Waals surface area contributed by atoms with E-state index in [-0.39, 0.29) is 29.3 Å². The molecule has 1 aliphatic rings.